The smallest absolute Gasteiger partial charge is 0.141 e. The van der Waals surface area contributed by atoms with Crippen molar-refractivity contribution in [2.45, 2.75) is 6.92 Å². The number of hydrogen-bond acceptors (Lipinski definition) is 2. The Morgan fingerprint density at radius 1 is 1.14 bits per heavy atom. The van der Waals surface area contributed by atoms with Gasteiger partial charge in [0.25, 0.3) is 0 Å². The first-order valence-electron chi connectivity index (χ1n) is 6.32. The van der Waals surface area contributed by atoms with Crippen LogP contribution in [0.4, 0.5) is 15.9 Å². The normalized spacial score (nSPS) is 10.9. The monoisotopic (exact) mass is 412 g/mol. The summed E-state index contributed by atoms with van der Waals surface area (Å²) in [5.74, 6) is 0.298. The summed E-state index contributed by atoms with van der Waals surface area (Å²) in [6.07, 6.45) is 1.76. The Kier molecular flexibility index (Phi) is 3.99. The third-order valence-electron chi connectivity index (χ3n) is 3.26. The molecule has 2 nitrogen and oxygen atoms in total. The van der Waals surface area contributed by atoms with E-state index in [4.69, 9.17) is 11.6 Å². The molecule has 0 unspecified atom stereocenters. The minimum Gasteiger partial charge on any atom is -0.340 e. The Labute approximate surface area is 140 Å². The highest BCUT2D eigenvalue weighted by Gasteiger charge is 2.08. The van der Waals surface area contributed by atoms with Gasteiger partial charge in [0.15, 0.2) is 0 Å². The summed E-state index contributed by atoms with van der Waals surface area (Å²) in [5.41, 5.74) is 1.93. The number of benzene rings is 2. The number of anilines is 2. The molecule has 106 valence electrons. The Bertz CT molecular complexity index is 836. The van der Waals surface area contributed by atoms with Gasteiger partial charge in [0.05, 0.1) is 5.02 Å². The maximum atomic E-state index is 13.2. The van der Waals surface area contributed by atoms with E-state index in [1.807, 2.05) is 12.1 Å². The quantitative estimate of drug-likeness (QED) is 0.548. The van der Waals surface area contributed by atoms with Gasteiger partial charge in [-0.1, -0.05) is 23.7 Å². The van der Waals surface area contributed by atoms with Crippen LogP contribution in [0.25, 0.3) is 10.8 Å². The second-order valence-electron chi connectivity index (χ2n) is 4.71. The van der Waals surface area contributed by atoms with E-state index in [1.165, 1.54) is 15.2 Å². The lowest BCUT2D eigenvalue weighted by molar-refractivity contribution is 0.628. The van der Waals surface area contributed by atoms with Gasteiger partial charge in [-0.05, 0) is 59.3 Å². The van der Waals surface area contributed by atoms with Gasteiger partial charge in [0.1, 0.15) is 11.6 Å². The fourth-order valence-electron chi connectivity index (χ4n) is 2.14. The average Bonchev–Trinajstić information content (AvgIpc) is 2.47. The summed E-state index contributed by atoms with van der Waals surface area (Å²) in [6.45, 7) is 2.08. The first-order chi connectivity index (χ1) is 10.1. The SMILES string of the molecule is Cc1ccc2c(Nc3ccc(F)c(Cl)c3)nccc2c1I. The second kappa shape index (κ2) is 5.77. The number of aromatic nitrogens is 1. The van der Waals surface area contributed by atoms with E-state index in [-0.39, 0.29) is 5.02 Å². The van der Waals surface area contributed by atoms with E-state index in [0.717, 1.165) is 16.6 Å². The molecule has 5 heteroatoms. The van der Waals surface area contributed by atoms with Crippen molar-refractivity contribution in [3.05, 3.63) is 62.6 Å². The van der Waals surface area contributed by atoms with Gasteiger partial charge < -0.3 is 5.32 Å². The maximum absolute atomic E-state index is 13.2. The van der Waals surface area contributed by atoms with Crippen LogP contribution in [0.15, 0.2) is 42.6 Å². The third-order valence-corrected chi connectivity index (χ3v) is 4.98. The molecule has 1 N–H and O–H groups in total. The number of pyridine rings is 1. The van der Waals surface area contributed by atoms with E-state index in [1.54, 1.807) is 18.3 Å². The summed E-state index contributed by atoms with van der Waals surface area (Å²) in [6, 6.07) is 10.6. The Morgan fingerprint density at radius 2 is 1.95 bits per heavy atom. The molecule has 0 radical (unpaired) electrons. The average molecular weight is 413 g/mol. The number of nitrogens with zero attached hydrogens (tertiary/aromatic N) is 1. The molecular weight excluding hydrogens is 402 g/mol. The standard InChI is InChI=1S/C16H11ClFIN2/c1-9-2-4-12-11(15(9)19)6-7-20-16(12)21-10-3-5-14(18)13(17)8-10/h2-8H,1H3,(H,20,21). The maximum Gasteiger partial charge on any atom is 0.141 e. The van der Waals surface area contributed by atoms with Gasteiger partial charge in [-0.25, -0.2) is 9.37 Å². The number of rotatable bonds is 2. The zero-order valence-corrected chi connectivity index (χ0v) is 14.0. The van der Waals surface area contributed by atoms with E-state index >= 15 is 0 Å². The second-order valence-corrected chi connectivity index (χ2v) is 6.19. The van der Waals surface area contributed by atoms with Crippen molar-refractivity contribution in [1.82, 2.24) is 4.98 Å². The van der Waals surface area contributed by atoms with Crippen LogP contribution < -0.4 is 5.32 Å². The van der Waals surface area contributed by atoms with Crippen molar-refractivity contribution < 1.29 is 4.39 Å². The Morgan fingerprint density at radius 3 is 2.71 bits per heavy atom. The Balaban J connectivity index is 2.08. The number of fused-ring (bicyclic) bond motifs is 1. The van der Waals surface area contributed by atoms with E-state index in [2.05, 4.69) is 45.9 Å². The van der Waals surface area contributed by atoms with Crippen molar-refractivity contribution in [2.24, 2.45) is 0 Å². The van der Waals surface area contributed by atoms with Crippen molar-refractivity contribution in [1.29, 1.82) is 0 Å². The lowest BCUT2D eigenvalue weighted by atomic mass is 10.1. The summed E-state index contributed by atoms with van der Waals surface area (Å²) in [5, 5.41) is 5.45. The zero-order valence-electron chi connectivity index (χ0n) is 11.1. The molecular formula is C16H11ClFIN2. The molecule has 1 heterocycles. The molecule has 0 saturated heterocycles. The molecule has 0 atom stereocenters. The molecule has 3 aromatic rings. The van der Waals surface area contributed by atoms with Crippen LogP contribution >= 0.6 is 34.2 Å². The number of aryl methyl sites for hydroxylation is 1. The molecule has 3 rings (SSSR count). The summed E-state index contributed by atoms with van der Waals surface area (Å²) in [7, 11) is 0. The lowest BCUT2D eigenvalue weighted by Gasteiger charge is -2.11. The van der Waals surface area contributed by atoms with Crippen LogP contribution in [0.1, 0.15) is 5.56 Å². The first kappa shape index (κ1) is 14.5. The molecule has 0 spiro atoms. The summed E-state index contributed by atoms with van der Waals surface area (Å²) < 4.78 is 14.4. The number of hydrogen-bond donors (Lipinski definition) is 1. The largest absolute Gasteiger partial charge is 0.340 e. The predicted molar refractivity (Wildman–Crippen MR) is 93.9 cm³/mol. The third kappa shape index (κ3) is 2.82. The van der Waals surface area contributed by atoms with Crippen molar-refractivity contribution in [3.63, 3.8) is 0 Å². The molecule has 0 bridgehead atoms. The molecule has 0 amide bonds. The van der Waals surface area contributed by atoms with Crippen LogP contribution in [-0.4, -0.2) is 4.98 Å². The topological polar surface area (TPSA) is 24.9 Å². The fourth-order valence-corrected chi connectivity index (χ4v) is 2.97. The van der Waals surface area contributed by atoms with Gasteiger partial charge in [-0.15, -0.1) is 0 Å². The zero-order chi connectivity index (χ0) is 15.0. The van der Waals surface area contributed by atoms with Crippen LogP contribution in [0.2, 0.25) is 5.02 Å². The van der Waals surface area contributed by atoms with Gasteiger partial charge in [-0.3, -0.25) is 0 Å². The summed E-state index contributed by atoms with van der Waals surface area (Å²) in [4.78, 5) is 4.37. The predicted octanol–water partition coefficient (Wildman–Crippen LogP) is 5.68. The van der Waals surface area contributed by atoms with E-state index < -0.39 is 5.82 Å². The van der Waals surface area contributed by atoms with E-state index in [0.29, 0.717) is 5.69 Å². The van der Waals surface area contributed by atoms with Crippen LogP contribution in [0, 0.1) is 16.3 Å². The number of nitrogens with one attached hydrogen (secondary N) is 1. The molecule has 0 aliphatic heterocycles. The molecule has 2 aromatic carbocycles. The molecule has 0 aliphatic carbocycles. The van der Waals surface area contributed by atoms with Gasteiger partial charge in [-0.2, -0.15) is 0 Å². The Hall–Kier alpha value is -1.40. The van der Waals surface area contributed by atoms with Crippen molar-refractivity contribution in [3.8, 4) is 0 Å². The molecule has 1 aromatic heterocycles. The van der Waals surface area contributed by atoms with Crippen molar-refractivity contribution in [2.75, 3.05) is 5.32 Å². The molecule has 0 fully saturated rings. The van der Waals surface area contributed by atoms with Gasteiger partial charge >= 0.3 is 0 Å². The minimum absolute atomic E-state index is 0.0886. The van der Waals surface area contributed by atoms with Crippen LogP contribution in [-0.2, 0) is 0 Å². The van der Waals surface area contributed by atoms with Gasteiger partial charge in [0.2, 0.25) is 0 Å². The summed E-state index contributed by atoms with van der Waals surface area (Å²) >= 11 is 8.14. The van der Waals surface area contributed by atoms with Crippen LogP contribution in [0.3, 0.4) is 0 Å². The first-order valence-corrected chi connectivity index (χ1v) is 7.78. The molecule has 0 saturated carbocycles. The fraction of sp³-hybridized carbons (Fsp3) is 0.0625. The van der Waals surface area contributed by atoms with Crippen molar-refractivity contribution >= 4 is 56.5 Å². The van der Waals surface area contributed by atoms with Gasteiger partial charge in [0, 0.05) is 26.2 Å². The molecule has 0 aliphatic rings. The van der Waals surface area contributed by atoms with E-state index in [9.17, 15) is 4.39 Å². The lowest BCUT2D eigenvalue weighted by Crippen LogP contribution is -1.96. The highest BCUT2D eigenvalue weighted by atomic mass is 127. The highest BCUT2D eigenvalue weighted by Crippen LogP contribution is 2.30. The highest BCUT2D eigenvalue weighted by molar-refractivity contribution is 14.1. The molecule has 21 heavy (non-hydrogen) atoms. The minimum atomic E-state index is -0.432. The van der Waals surface area contributed by atoms with Crippen LogP contribution in [0.5, 0.6) is 0 Å². The number of halogens is 3.